The third kappa shape index (κ3) is 9.92. The van der Waals surface area contributed by atoms with E-state index < -0.39 is 60.7 Å². The molecule has 0 saturated carbocycles. The Balaban J connectivity index is 6.00. The smallest absolute Gasteiger partial charge is 0.303 e. The monoisotopic (exact) mass is 389 g/mol. The van der Waals surface area contributed by atoms with Gasteiger partial charge in [0.2, 0.25) is 5.91 Å². The van der Waals surface area contributed by atoms with Crippen LogP contribution in [0.3, 0.4) is 0 Å². The molecule has 0 unspecified atom stereocenters. The normalized spacial score (nSPS) is 14.6. The number of hydrogen-bond donors (Lipinski definition) is 1. The maximum Gasteiger partial charge on any atom is 0.303 e. The fraction of sp³-hybridized carbons (Fsp3) is 0.625. The topological polar surface area (TPSA) is 151 Å². The molecule has 0 fully saturated rings. The van der Waals surface area contributed by atoms with E-state index in [0.717, 1.165) is 34.6 Å². The van der Waals surface area contributed by atoms with Crippen LogP contribution in [0.4, 0.5) is 0 Å². The van der Waals surface area contributed by atoms with Crippen LogP contribution in [0, 0.1) is 0 Å². The Bertz CT molecular complexity index is 588. The molecule has 0 aromatic heterocycles. The Morgan fingerprint density at radius 1 is 0.778 bits per heavy atom. The average Bonchev–Trinajstić information content (AvgIpc) is 2.51. The van der Waals surface area contributed by atoms with Crippen molar-refractivity contribution in [1.29, 1.82) is 0 Å². The second-order valence-corrected chi connectivity index (χ2v) is 5.46. The Kier molecular flexibility index (Phi) is 10.3. The lowest BCUT2D eigenvalue weighted by Crippen LogP contribution is -2.57. The van der Waals surface area contributed by atoms with Crippen molar-refractivity contribution in [3.63, 3.8) is 0 Å². The number of ether oxygens (including phenoxy) is 4. The molecule has 1 N–H and O–H groups in total. The van der Waals surface area contributed by atoms with Crippen molar-refractivity contribution in [1.82, 2.24) is 5.32 Å². The van der Waals surface area contributed by atoms with Crippen molar-refractivity contribution in [3.8, 4) is 0 Å². The summed E-state index contributed by atoms with van der Waals surface area (Å²) in [5.74, 6) is -3.87. The summed E-state index contributed by atoms with van der Waals surface area (Å²) >= 11 is 0. The van der Waals surface area contributed by atoms with Gasteiger partial charge in [0.25, 0.3) is 0 Å². The van der Waals surface area contributed by atoms with E-state index in [1.807, 2.05) is 0 Å². The van der Waals surface area contributed by atoms with Crippen molar-refractivity contribution in [2.75, 3.05) is 6.61 Å². The molecule has 0 heterocycles. The number of carbonyl (C=O) groups excluding carboxylic acids is 6. The van der Waals surface area contributed by atoms with E-state index in [-0.39, 0.29) is 6.29 Å². The molecular formula is C16H23NO10. The van der Waals surface area contributed by atoms with Crippen LogP contribution in [0.5, 0.6) is 0 Å². The molecule has 0 aliphatic rings. The van der Waals surface area contributed by atoms with Gasteiger partial charge in [0, 0.05) is 34.6 Å². The molecule has 0 rings (SSSR count). The first kappa shape index (κ1) is 24.0. The fourth-order valence-electron chi connectivity index (χ4n) is 2.12. The molecule has 11 heteroatoms. The Morgan fingerprint density at radius 3 is 1.63 bits per heavy atom. The number of hydrogen-bond acceptors (Lipinski definition) is 10. The minimum absolute atomic E-state index is 0.266. The van der Waals surface area contributed by atoms with Crippen LogP contribution in [-0.2, 0) is 47.7 Å². The molecule has 152 valence electrons. The van der Waals surface area contributed by atoms with Crippen molar-refractivity contribution >= 4 is 36.1 Å². The van der Waals surface area contributed by atoms with Crippen LogP contribution < -0.4 is 5.32 Å². The fourth-order valence-corrected chi connectivity index (χ4v) is 2.12. The van der Waals surface area contributed by atoms with E-state index in [0.29, 0.717) is 0 Å². The van der Waals surface area contributed by atoms with Gasteiger partial charge in [-0.25, -0.2) is 0 Å². The maximum absolute atomic E-state index is 11.5. The maximum atomic E-state index is 11.5. The number of aldehydes is 1. The molecule has 1 amide bonds. The van der Waals surface area contributed by atoms with Crippen LogP contribution in [-0.4, -0.2) is 67.0 Å². The molecule has 4 atom stereocenters. The zero-order valence-corrected chi connectivity index (χ0v) is 15.7. The van der Waals surface area contributed by atoms with Gasteiger partial charge in [-0.3, -0.25) is 24.0 Å². The number of amides is 1. The lowest BCUT2D eigenvalue weighted by Gasteiger charge is -2.34. The van der Waals surface area contributed by atoms with Gasteiger partial charge in [-0.15, -0.1) is 0 Å². The number of esters is 4. The molecule has 0 radical (unpaired) electrons. The van der Waals surface area contributed by atoms with Crippen LogP contribution in [0.1, 0.15) is 34.6 Å². The van der Waals surface area contributed by atoms with Gasteiger partial charge in [0.15, 0.2) is 18.3 Å². The molecule has 27 heavy (non-hydrogen) atoms. The minimum atomic E-state index is -1.55. The second-order valence-electron chi connectivity index (χ2n) is 5.46. The standard InChI is InChI=1S/C16H23NO10/c1-8(19)17-13(6-18)15(26-11(4)22)16(27-12(5)23)14(25-10(3)21)7-24-9(2)20/h6,13-16H,7H2,1-5H3,(H,17,19)/t13-,14+,15+,16+/m0/s1. The van der Waals surface area contributed by atoms with Gasteiger partial charge in [-0.05, 0) is 0 Å². The molecule has 0 aliphatic heterocycles. The van der Waals surface area contributed by atoms with Gasteiger partial charge < -0.3 is 29.1 Å². The molecule has 0 aromatic rings. The summed E-state index contributed by atoms with van der Waals surface area (Å²) in [4.78, 5) is 68.3. The molecule has 0 spiro atoms. The lowest BCUT2D eigenvalue weighted by atomic mass is 10.0. The first-order valence-corrected chi connectivity index (χ1v) is 7.85. The van der Waals surface area contributed by atoms with E-state index in [4.69, 9.17) is 18.9 Å². The van der Waals surface area contributed by atoms with Crippen molar-refractivity contribution < 1.29 is 47.7 Å². The zero-order chi connectivity index (χ0) is 21.1. The summed E-state index contributed by atoms with van der Waals surface area (Å²) in [7, 11) is 0. The van der Waals surface area contributed by atoms with Crippen LogP contribution in [0.25, 0.3) is 0 Å². The van der Waals surface area contributed by atoms with E-state index in [1.54, 1.807) is 0 Å². The molecule has 0 saturated heterocycles. The van der Waals surface area contributed by atoms with E-state index >= 15 is 0 Å². The van der Waals surface area contributed by atoms with Crippen molar-refractivity contribution in [2.24, 2.45) is 0 Å². The van der Waals surface area contributed by atoms with Gasteiger partial charge in [0.1, 0.15) is 18.9 Å². The highest BCUT2D eigenvalue weighted by atomic mass is 16.6. The Hall–Kier alpha value is -2.98. The lowest BCUT2D eigenvalue weighted by molar-refractivity contribution is -0.191. The summed E-state index contributed by atoms with van der Waals surface area (Å²) in [6.07, 6.45) is -4.23. The Labute approximate surface area is 155 Å². The average molecular weight is 389 g/mol. The van der Waals surface area contributed by atoms with Crippen LogP contribution in [0.2, 0.25) is 0 Å². The van der Waals surface area contributed by atoms with Gasteiger partial charge in [0.05, 0.1) is 0 Å². The first-order chi connectivity index (χ1) is 12.5. The number of rotatable bonds is 10. The summed E-state index contributed by atoms with van der Waals surface area (Å²) in [5, 5.41) is 2.24. The summed E-state index contributed by atoms with van der Waals surface area (Å²) in [6.45, 7) is 4.78. The summed E-state index contributed by atoms with van der Waals surface area (Å²) in [6, 6.07) is -1.42. The van der Waals surface area contributed by atoms with E-state index in [1.165, 1.54) is 0 Å². The highest BCUT2D eigenvalue weighted by Gasteiger charge is 2.42. The quantitative estimate of drug-likeness (QED) is 0.281. The Morgan fingerprint density at radius 2 is 1.26 bits per heavy atom. The zero-order valence-electron chi connectivity index (χ0n) is 15.7. The van der Waals surface area contributed by atoms with E-state index in [9.17, 15) is 28.8 Å². The van der Waals surface area contributed by atoms with Crippen molar-refractivity contribution in [3.05, 3.63) is 0 Å². The summed E-state index contributed by atoms with van der Waals surface area (Å²) < 4.78 is 19.9. The molecular weight excluding hydrogens is 366 g/mol. The van der Waals surface area contributed by atoms with Crippen molar-refractivity contribution in [2.45, 2.75) is 59.0 Å². The van der Waals surface area contributed by atoms with Gasteiger partial charge in [-0.2, -0.15) is 0 Å². The number of carbonyl (C=O) groups is 6. The SMILES string of the molecule is CC(=O)N[C@@H](C=O)[C@@H](OC(C)=O)[C@H](OC(C)=O)[C@@H](COC(C)=O)OC(C)=O. The molecule has 0 aromatic carbocycles. The largest absolute Gasteiger partial charge is 0.462 e. The summed E-state index contributed by atoms with van der Waals surface area (Å²) in [5.41, 5.74) is 0. The van der Waals surface area contributed by atoms with Crippen LogP contribution >= 0.6 is 0 Å². The predicted octanol–water partition coefficient (Wildman–Crippen LogP) is -0.952. The highest BCUT2D eigenvalue weighted by Crippen LogP contribution is 2.17. The number of nitrogens with one attached hydrogen (secondary N) is 1. The first-order valence-electron chi connectivity index (χ1n) is 7.85. The third-order valence-electron chi connectivity index (χ3n) is 2.93. The second kappa shape index (κ2) is 11.6. The highest BCUT2D eigenvalue weighted by molar-refractivity contribution is 5.78. The molecule has 0 aliphatic carbocycles. The van der Waals surface area contributed by atoms with Gasteiger partial charge in [-0.1, -0.05) is 0 Å². The van der Waals surface area contributed by atoms with Crippen LogP contribution in [0.15, 0.2) is 0 Å². The molecule has 11 nitrogen and oxygen atoms in total. The third-order valence-corrected chi connectivity index (χ3v) is 2.93. The minimum Gasteiger partial charge on any atom is -0.462 e. The molecule has 0 bridgehead atoms. The van der Waals surface area contributed by atoms with E-state index in [2.05, 4.69) is 5.32 Å². The van der Waals surface area contributed by atoms with Gasteiger partial charge >= 0.3 is 23.9 Å². The predicted molar refractivity (Wildman–Crippen MR) is 87.0 cm³/mol.